The maximum atomic E-state index is 6.76. The van der Waals surface area contributed by atoms with Crippen LogP contribution in [0.5, 0.6) is 11.5 Å². The molecular formula is C55H37NOSi. The van der Waals surface area contributed by atoms with Crippen molar-refractivity contribution in [3.63, 3.8) is 0 Å². The number of rotatable bonds is 5. The van der Waals surface area contributed by atoms with Gasteiger partial charge in [-0.1, -0.05) is 200 Å². The summed E-state index contributed by atoms with van der Waals surface area (Å²) < 4.78 is 9.33. The fourth-order valence-corrected chi connectivity index (χ4v) is 15.3. The van der Waals surface area contributed by atoms with Crippen LogP contribution >= 0.6 is 0 Å². The Morgan fingerprint density at radius 1 is 0.362 bits per heavy atom. The summed E-state index contributed by atoms with van der Waals surface area (Å²) in [7, 11) is -2.99. The van der Waals surface area contributed by atoms with Crippen molar-refractivity contribution in [1.82, 2.24) is 4.57 Å². The predicted molar refractivity (Wildman–Crippen MR) is 242 cm³/mol. The van der Waals surface area contributed by atoms with E-state index in [-0.39, 0.29) is 0 Å². The number of para-hydroxylation sites is 4. The lowest BCUT2D eigenvalue weighted by Gasteiger charge is -2.45. The number of benzene rings is 9. The van der Waals surface area contributed by atoms with Crippen molar-refractivity contribution in [2.75, 3.05) is 0 Å². The highest BCUT2D eigenvalue weighted by atomic mass is 28.3. The summed E-state index contributed by atoms with van der Waals surface area (Å²) in [6, 6.07) is 83.4. The molecule has 0 saturated heterocycles. The zero-order valence-electron chi connectivity index (χ0n) is 31.7. The Kier molecular flexibility index (Phi) is 7.20. The van der Waals surface area contributed by atoms with Gasteiger partial charge in [-0.15, -0.1) is 0 Å². The Morgan fingerprint density at radius 2 is 0.879 bits per heavy atom. The third-order valence-corrected chi connectivity index (χ3v) is 17.5. The quantitative estimate of drug-likeness (QED) is 0.126. The number of ether oxygens (including phenoxy) is 1. The van der Waals surface area contributed by atoms with Crippen LogP contribution in [0.2, 0.25) is 0 Å². The van der Waals surface area contributed by atoms with E-state index in [0.717, 1.165) is 22.6 Å². The zero-order chi connectivity index (χ0) is 38.3. The molecule has 0 atom stereocenters. The first-order chi connectivity index (χ1) is 28.8. The molecule has 0 unspecified atom stereocenters. The lowest BCUT2D eigenvalue weighted by molar-refractivity contribution is 0.434. The Hall–Kier alpha value is -7.20. The van der Waals surface area contributed by atoms with Gasteiger partial charge in [0.2, 0.25) is 0 Å². The van der Waals surface area contributed by atoms with Gasteiger partial charge >= 0.3 is 0 Å². The Labute approximate surface area is 338 Å². The van der Waals surface area contributed by atoms with Crippen LogP contribution in [0, 0.1) is 0 Å². The first-order valence-electron chi connectivity index (χ1n) is 20.1. The molecule has 58 heavy (non-hydrogen) atoms. The molecule has 0 aliphatic carbocycles. The number of nitrogens with zero attached hydrogens (tertiary/aromatic N) is 1. The van der Waals surface area contributed by atoms with E-state index in [9.17, 15) is 0 Å². The van der Waals surface area contributed by atoms with E-state index in [2.05, 4.69) is 229 Å². The van der Waals surface area contributed by atoms with E-state index >= 15 is 0 Å². The maximum Gasteiger partial charge on any atom is 0.179 e. The number of aromatic nitrogens is 1. The molecule has 0 fully saturated rings. The van der Waals surface area contributed by atoms with Gasteiger partial charge in [0.1, 0.15) is 11.5 Å². The first-order valence-corrected chi connectivity index (χ1v) is 22.1. The molecule has 272 valence electrons. The molecule has 3 heteroatoms. The van der Waals surface area contributed by atoms with Gasteiger partial charge < -0.3 is 9.30 Å². The Balaban J connectivity index is 1.26. The fraction of sp³-hybridized carbons (Fsp3) is 0.0182. The van der Waals surface area contributed by atoms with Gasteiger partial charge in [-0.25, -0.2) is 0 Å². The maximum absolute atomic E-state index is 6.76. The second-order valence-corrected chi connectivity index (χ2v) is 19.4. The average molecular weight is 756 g/mol. The van der Waals surface area contributed by atoms with Gasteiger partial charge in [-0.3, -0.25) is 0 Å². The fourth-order valence-electron chi connectivity index (χ4n) is 10.5. The number of fused-ring (bicyclic) bond motifs is 11. The highest BCUT2D eigenvalue weighted by Crippen LogP contribution is 2.60. The van der Waals surface area contributed by atoms with E-state index in [4.69, 9.17) is 4.74 Å². The molecule has 10 aromatic rings. The minimum atomic E-state index is -2.99. The van der Waals surface area contributed by atoms with Crippen molar-refractivity contribution in [3.05, 3.63) is 247 Å². The van der Waals surface area contributed by atoms with Gasteiger partial charge in [-0.05, 0) is 67.3 Å². The second-order valence-electron chi connectivity index (χ2n) is 15.6. The molecule has 1 aromatic heterocycles. The van der Waals surface area contributed by atoms with E-state index in [1.807, 2.05) is 0 Å². The summed E-state index contributed by atoms with van der Waals surface area (Å²) in [5.41, 5.74) is 10.3. The monoisotopic (exact) mass is 755 g/mol. The topological polar surface area (TPSA) is 14.2 Å². The van der Waals surface area contributed by atoms with E-state index in [1.165, 1.54) is 70.5 Å². The summed E-state index contributed by atoms with van der Waals surface area (Å²) in [5, 5.41) is 7.90. The van der Waals surface area contributed by atoms with Crippen LogP contribution in [0.4, 0.5) is 0 Å². The van der Waals surface area contributed by atoms with Crippen LogP contribution < -0.4 is 25.5 Å². The Morgan fingerprint density at radius 3 is 1.59 bits per heavy atom. The van der Waals surface area contributed by atoms with Gasteiger partial charge in [-0.2, -0.15) is 0 Å². The number of hydrogen-bond acceptors (Lipinski definition) is 1. The van der Waals surface area contributed by atoms with Gasteiger partial charge in [0.15, 0.2) is 8.07 Å². The summed E-state index contributed by atoms with van der Waals surface area (Å²) >= 11 is 0. The smallest absolute Gasteiger partial charge is 0.179 e. The van der Waals surface area contributed by atoms with Crippen LogP contribution in [-0.2, 0) is 5.41 Å². The summed E-state index contributed by atoms with van der Waals surface area (Å²) in [5.74, 6) is 1.79. The minimum absolute atomic E-state index is 0.625. The van der Waals surface area contributed by atoms with Crippen LogP contribution in [0.25, 0.3) is 38.6 Å². The molecule has 9 aromatic carbocycles. The lowest BCUT2D eigenvalue weighted by Crippen LogP contribution is -2.74. The summed E-state index contributed by atoms with van der Waals surface area (Å²) in [4.78, 5) is 0. The van der Waals surface area contributed by atoms with Crippen LogP contribution in [0.15, 0.2) is 224 Å². The highest BCUT2D eigenvalue weighted by Gasteiger charge is 2.51. The minimum Gasteiger partial charge on any atom is -0.457 e. The van der Waals surface area contributed by atoms with Crippen LogP contribution in [0.3, 0.4) is 0 Å². The largest absolute Gasteiger partial charge is 0.457 e. The third-order valence-electron chi connectivity index (χ3n) is 12.8. The second kappa shape index (κ2) is 12.7. The molecule has 0 N–H and O–H groups in total. The molecule has 2 aliphatic rings. The molecule has 2 nitrogen and oxygen atoms in total. The molecule has 3 heterocycles. The third kappa shape index (κ3) is 4.42. The van der Waals surface area contributed by atoms with Gasteiger partial charge in [0.05, 0.1) is 22.1 Å². The molecule has 2 aliphatic heterocycles. The van der Waals surface area contributed by atoms with Crippen molar-refractivity contribution < 1.29 is 4.74 Å². The Bertz CT molecular complexity index is 3120. The van der Waals surface area contributed by atoms with Crippen molar-refractivity contribution in [2.24, 2.45) is 0 Å². The summed E-state index contributed by atoms with van der Waals surface area (Å²) in [6.45, 7) is 0. The lowest BCUT2D eigenvalue weighted by atomic mass is 9.62. The molecule has 0 bridgehead atoms. The van der Waals surface area contributed by atoms with Crippen molar-refractivity contribution in [1.29, 1.82) is 0 Å². The van der Waals surface area contributed by atoms with Gasteiger partial charge in [0, 0.05) is 21.9 Å². The van der Waals surface area contributed by atoms with Crippen LogP contribution in [-0.4, -0.2) is 12.6 Å². The normalized spacial score (nSPS) is 13.4. The zero-order valence-corrected chi connectivity index (χ0v) is 32.7. The van der Waals surface area contributed by atoms with Gasteiger partial charge in [0.25, 0.3) is 0 Å². The SMILES string of the molecule is c1ccc(-c2cccc([Si](c3ccccc3)(c3ccccc3)c3ccc4c(c3)-n3c5ccccc5c5cccc(c53)C43c4ccccc4Oc4ccccc43)c2)cc1. The average Bonchev–Trinajstić information content (AvgIpc) is 3.64. The van der Waals surface area contributed by atoms with Crippen molar-refractivity contribution >= 4 is 50.6 Å². The number of hydrogen-bond donors (Lipinski definition) is 0. The molecular weight excluding hydrogens is 719 g/mol. The molecule has 0 radical (unpaired) electrons. The molecule has 1 spiro atoms. The van der Waals surface area contributed by atoms with E-state index < -0.39 is 13.5 Å². The summed E-state index contributed by atoms with van der Waals surface area (Å²) in [6.07, 6.45) is 0. The molecule has 0 amide bonds. The molecule has 0 saturated carbocycles. The molecule has 12 rings (SSSR count). The first kappa shape index (κ1) is 33.0. The van der Waals surface area contributed by atoms with E-state index in [0.29, 0.717) is 0 Å². The van der Waals surface area contributed by atoms with Crippen molar-refractivity contribution in [3.8, 4) is 28.3 Å². The van der Waals surface area contributed by atoms with Crippen molar-refractivity contribution in [2.45, 2.75) is 5.41 Å². The standard InChI is InChI=1S/C55H37NOSi/c1-4-18-38(19-5-1)39-20-16-25-42(36-39)58(40-21-6-2-7-22-40,41-23-8-3-9-24-41)43-34-35-46-51(37-43)56-50-31-13-10-26-44(50)45-27-17-30-49(54(45)56)55(46)47-28-11-14-32-52(47)57-53-33-15-12-29-48(53)55/h1-37H. The van der Waals surface area contributed by atoms with E-state index in [1.54, 1.807) is 0 Å². The van der Waals surface area contributed by atoms with Crippen LogP contribution in [0.1, 0.15) is 22.3 Å². The highest BCUT2D eigenvalue weighted by molar-refractivity contribution is 7.20. The predicted octanol–water partition coefficient (Wildman–Crippen LogP) is 10.6.